The maximum absolute atomic E-state index is 12.5. The van der Waals surface area contributed by atoms with Crippen molar-refractivity contribution in [2.75, 3.05) is 0 Å². The van der Waals surface area contributed by atoms with Gasteiger partial charge in [-0.3, -0.25) is 9.48 Å². The van der Waals surface area contributed by atoms with Crippen molar-refractivity contribution in [3.63, 3.8) is 0 Å². The highest BCUT2D eigenvalue weighted by molar-refractivity contribution is 5.98. The molecule has 0 unspecified atom stereocenters. The topological polar surface area (TPSA) is 34.9 Å². The molecule has 21 heavy (non-hydrogen) atoms. The van der Waals surface area contributed by atoms with Gasteiger partial charge in [0, 0.05) is 19.7 Å². The van der Waals surface area contributed by atoms with Gasteiger partial charge in [0.15, 0.2) is 5.78 Å². The van der Waals surface area contributed by atoms with Crippen molar-refractivity contribution in [3.8, 4) is 0 Å². The van der Waals surface area contributed by atoms with Crippen LogP contribution in [0.5, 0.6) is 0 Å². The maximum Gasteiger partial charge on any atom is 0.170 e. The van der Waals surface area contributed by atoms with Crippen LogP contribution < -0.4 is 0 Å². The molecule has 112 valence electrons. The van der Waals surface area contributed by atoms with Crippen LogP contribution in [0.3, 0.4) is 0 Å². The number of aromatic nitrogens is 2. The summed E-state index contributed by atoms with van der Waals surface area (Å²) in [6.07, 6.45) is 3.31. The van der Waals surface area contributed by atoms with E-state index in [0.29, 0.717) is 12.3 Å². The lowest BCUT2D eigenvalue weighted by molar-refractivity contribution is 0.0992. The molecule has 1 aromatic heterocycles. The van der Waals surface area contributed by atoms with E-state index in [1.54, 1.807) is 4.68 Å². The first-order valence-corrected chi connectivity index (χ1v) is 7.49. The van der Waals surface area contributed by atoms with Gasteiger partial charge in [0.2, 0.25) is 0 Å². The molecule has 0 aliphatic carbocycles. The molecule has 0 saturated carbocycles. The van der Waals surface area contributed by atoms with E-state index in [-0.39, 0.29) is 5.78 Å². The van der Waals surface area contributed by atoms with Crippen molar-refractivity contribution in [3.05, 3.63) is 52.3 Å². The van der Waals surface area contributed by atoms with E-state index in [1.807, 2.05) is 20.2 Å². The minimum Gasteiger partial charge on any atom is -0.294 e. The lowest BCUT2D eigenvalue weighted by Crippen LogP contribution is -2.07. The summed E-state index contributed by atoms with van der Waals surface area (Å²) in [6.45, 7) is 8.44. The molecular formula is C18H24N2O. The van der Waals surface area contributed by atoms with Gasteiger partial charge in [0.1, 0.15) is 0 Å². The molecule has 2 aromatic rings. The maximum atomic E-state index is 12.5. The Hall–Kier alpha value is -1.90. The van der Waals surface area contributed by atoms with Crippen molar-refractivity contribution in [1.29, 1.82) is 0 Å². The average Bonchev–Trinajstić information content (AvgIpc) is 2.73. The highest BCUT2D eigenvalue weighted by Gasteiger charge is 2.15. The molecule has 0 saturated heterocycles. The zero-order valence-electron chi connectivity index (χ0n) is 13.6. The zero-order chi connectivity index (χ0) is 15.6. The monoisotopic (exact) mass is 284 g/mol. The Morgan fingerprint density at radius 2 is 1.90 bits per heavy atom. The third kappa shape index (κ3) is 3.60. The zero-order valence-corrected chi connectivity index (χ0v) is 13.6. The summed E-state index contributed by atoms with van der Waals surface area (Å²) >= 11 is 0. The lowest BCUT2D eigenvalue weighted by atomic mass is 9.92. The smallest absolute Gasteiger partial charge is 0.170 e. The Labute approximate surface area is 127 Å². The van der Waals surface area contributed by atoms with E-state index in [0.717, 1.165) is 23.2 Å². The lowest BCUT2D eigenvalue weighted by Gasteiger charge is -2.12. The first kappa shape index (κ1) is 15.5. The van der Waals surface area contributed by atoms with Crippen LogP contribution in [0, 0.1) is 19.8 Å². The molecule has 0 aliphatic heterocycles. The molecule has 0 fully saturated rings. The summed E-state index contributed by atoms with van der Waals surface area (Å²) in [5.74, 6) is 0.764. The molecule has 0 N–H and O–H groups in total. The van der Waals surface area contributed by atoms with Gasteiger partial charge in [0.05, 0.1) is 11.3 Å². The molecule has 2 rings (SSSR count). The molecule has 3 heteroatoms. The number of aryl methyl sites for hydroxylation is 2. The number of rotatable bonds is 5. The van der Waals surface area contributed by atoms with Gasteiger partial charge in [-0.1, -0.05) is 32.0 Å². The first-order valence-electron chi connectivity index (χ1n) is 7.49. The number of hydrogen-bond acceptors (Lipinski definition) is 2. The van der Waals surface area contributed by atoms with Crippen LogP contribution in [-0.4, -0.2) is 15.6 Å². The van der Waals surface area contributed by atoms with E-state index < -0.39 is 0 Å². The first-order chi connectivity index (χ1) is 9.88. The van der Waals surface area contributed by atoms with Crippen LogP contribution in [0.15, 0.2) is 24.4 Å². The second-order valence-corrected chi connectivity index (χ2v) is 6.20. The second-order valence-electron chi connectivity index (χ2n) is 6.20. The largest absolute Gasteiger partial charge is 0.294 e. The summed E-state index contributed by atoms with van der Waals surface area (Å²) in [4.78, 5) is 12.5. The Balaban J connectivity index is 2.23. The van der Waals surface area contributed by atoms with E-state index in [2.05, 4.69) is 44.1 Å². The summed E-state index contributed by atoms with van der Waals surface area (Å²) < 4.78 is 1.70. The number of hydrogen-bond donors (Lipinski definition) is 0. The Kier molecular flexibility index (Phi) is 4.61. The van der Waals surface area contributed by atoms with Crippen molar-refractivity contribution < 1.29 is 4.79 Å². The Morgan fingerprint density at radius 3 is 2.48 bits per heavy atom. The Bertz CT molecular complexity index is 653. The molecule has 1 aromatic carbocycles. The number of benzene rings is 1. The van der Waals surface area contributed by atoms with Gasteiger partial charge < -0.3 is 0 Å². The van der Waals surface area contributed by atoms with Crippen LogP contribution in [0.1, 0.15) is 46.6 Å². The minimum absolute atomic E-state index is 0.144. The van der Waals surface area contributed by atoms with Crippen LogP contribution in [-0.2, 0) is 19.9 Å². The molecule has 3 nitrogen and oxygen atoms in total. The molecule has 0 atom stereocenters. The van der Waals surface area contributed by atoms with Crippen LogP contribution in [0.25, 0.3) is 0 Å². The number of nitrogens with zero attached hydrogens (tertiary/aromatic N) is 2. The fraction of sp³-hybridized carbons (Fsp3) is 0.444. The molecule has 0 bridgehead atoms. The second kappa shape index (κ2) is 6.25. The van der Waals surface area contributed by atoms with Crippen molar-refractivity contribution >= 4 is 5.78 Å². The standard InChI is InChI=1S/C18H24N2O/c1-12(2)9-15-7-6-8-16(13(15)3)10-18(21)17-11-20(5)19-14(17)4/h6-8,11-12H,9-10H2,1-5H3. The van der Waals surface area contributed by atoms with Crippen LogP contribution in [0.2, 0.25) is 0 Å². The summed E-state index contributed by atoms with van der Waals surface area (Å²) in [7, 11) is 1.85. The van der Waals surface area contributed by atoms with Crippen molar-refractivity contribution in [2.45, 2.75) is 40.5 Å². The van der Waals surface area contributed by atoms with Gasteiger partial charge in [-0.2, -0.15) is 5.10 Å². The molecule has 0 amide bonds. The number of ketones is 1. The normalized spacial score (nSPS) is 11.1. The highest BCUT2D eigenvalue weighted by atomic mass is 16.1. The molecule has 1 heterocycles. The van der Waals surface area contributed by atoms with Crippen LogP contribution >= 0.6 is 0 Å². The van der Waals surface area contributed by atoms with Gasteiger partial charge in [0.25, 0.3) is 0 Å². The number of carbonyl (C=O) groups is 1. The fourth-order valence-corrected chi connectivity index (χ4v) is 2.73. The predicted octanol–water partition coefficient (Wildman–Crippen LogP) is 3.66. The van der Waals surface area contributed by atoms with Gasteiger partial charge in [-0.05, 0) is 42.9 Å². The van der Waals surface area contributed by atoms with E-state index >= 15 is 0 Å². The summed E-state index contributed by atoms with van der Waals surface area (Å²) in [5, 5.41) is 4.25. The number of Topliss-reactive ketones (excluding diaryl/α,β-unsaturated/α-hetero) is 1. The minimum atomic E-state index is 0.144. The van der Waals surface area contributed by atoms with Gasteiger partial charge in [-0.25, -0.2) is 0 Å². The van der Waals surface area contributed by atoms with Gasteiger partial charge in [-0.15, -0.1) is 0 Å². The fourth-order valence-electron chi connectivity index (χ4n) is 2.73. The molecule has 0 spiro atoms. The van der Waals surface area contributed by atoms with Crippen LogP contribution in [0.4, 0.5) is 0 Å². The third-order valence-corrected chi connectivity index (χ3v) is 3.85. The summed E-state index contributed by atoms with van der Waals surface area (Å²) in [5.41, 5.74) is 5.25. The van der Waals surface area contributed by atoms with E-state index in [9.17, 15) is 4.79 Å². The highest BCUT2D eigenvalue weighted by Crippen LogP contribution is 2.19. The quantitative estimate of drug-likeness (QED) is 0.785. The van der Waals surface area contributed by atoms with Crippen molar-refractivity contribution in [1.82, 2.24) is 9.78 Å². The Morgan fingerprint density at radius 1 is 1.24 bits per heavy atom. The molecular weight excluding hydrogens is 260 g/mol. The molecule has 0 radical (unpaired) electrons. The number of carbonyl (C=O) groups excluding carboxylic acids is 1. The summed E-state index contributed by atoms with van der Waals surface area (Å²) in [6, 6.07) is 6.28. The van der Waals surface area contributed by atoms with E-state index in [4.69, 9.17) is 0 Å². The molecule has 0 aliphatic rings. The van der Waals surface area contributed by atoms with Crippen molar-refractivity contribution in [2.24, 2.45) is 13.0 Å². The third-order valence-electron chi connectivity index (χ3n) is 3.85. The van der Waals surface area contributed by atoms with Gasteiger partial charge >= 0.3 is 0 Å². The predicted molar refractivity (Wildman–Crippen MR) is 85.7 cm³/mol. The average molecular weight is 284 g/mol. The van der Waals surface area contributed by atoms with E-state index in [1.165, 1.54) is 11.1 Å². The SMILES string of the molecule is Cc1nn(C)cc1C(=O)Cc1cccc(CC(C)C)c1C.